The Kier molecular flexibility index (Phi) is 3.72. The van der Waals surface area contributed by atoms with Gasteiger partial charge in [-0.25, -0.2) is 4.84 Å². The lowest BCUT2D eigenvalue weighted by Crippen LogP contribution is -2.14. The third-order valence-corrected chi connectivity index (χ3v) is 2.06. The maximum Gasteiger partial charge on any atom is 0.177 e. The Morgan fingerprint density at radius 3 is 2.50 bits per heavy atom. The zero-order valence-corrected chi connectivity index (χ0v) is 8.52. The molecule has 1 aromatic carbocycles. The van der Waals surface area contributed by atoms with E-state index in [9.17, 15) is 4.79 Å². The molecule has 4 heteroatoms. The summed E-state index contributed by atoms with van der Waals surface area (Å²) in [5.74, 6) is -0.0162. The fourth-order valence-electron chi connectivity index (χ4n) is 0.799. The van der Waals surface area contributed by atoms with Crippen LogP contribution in [0.25, 0.3) is 0 Å². The third kappa shape index (κ3) is 2.59. The zero-order valence-electron chi connectivity index (χ0n) is 6.18. The molecular weight excluding hydrogens is 241 g/mol. The maximum atomic E-state index is 11.2. The van der Waals surface area contributed by atoms with Gasteiger partial charge in [-0.2, -0.15) is 0 Å². The van der Waals surface area contributed by atoms with Crippen molar-refractivity contribution < 1.29 is 4.79 Å². The van der Waals surface area contributed by atoms with E-state index >= 15 is 0 Å². The Labute approximate surface area is 84.2 Å². The van der Waals surface area contributed by atoms with Gasteiger partial charge in [-0.15, -0.1) is 0 Å². The highest BCUT2D eigenvalue weighted by molar-refractivity contribution is 9.10. The number of ketones is 1. The molecule has 0 aliphatic carbocycles. The molecule has 0 spiro atoms. The molecule has 0 aliphatic rings. The zero-order chi connectivity index (χ0) is 8.97. The average molecular weight is 249 g/mol. The van der Waals surface area contributed by atoms with E-state index in [1.807, 2.05) is 12.1 Å². The molecule has 0 saturated carbocycles. The van der Waals surface area contributed by atoms with Gasteiger partial charge in [0.2, 0.25) is 0 Å². The summed E-state index contributed by atoms with van der Waals surface area (Å²) in [6.45, 7) is 0.156. The standard InChI is InChI=1S/C8H7BrClNO/c9-7-3-1-6(2-4-7)8(12)5-11-10/h1-4,11H,5H2. The minimum absolute atomic E-state index is 0.0162. The molecule has 0 radical (unpaired) electrons. The van der Waals surface area contributed by atoms with Crippen LogP contribution in [0.4, 0.5) is 0 Å². The Morgan fingerprint density at radius 2 is 2.00 bits per heavy atom. The van der Waals surface area contributed by atoms with Gasteiger partial charge in [-0.1, -0.05) is 28.1 Å². The quantitative estimate of drug-likeness (QED) is 0.657. The highest BCUT2D eigenvalue weighted by Crippen LogP contribution is 2.10. The van der Waals surface area contributed by atoms with E-state index < -0.39 is 0 Å². The van der Waals surface area contributed by atoms with Gasteiger partial charge in [0.15, 0.2) is 5.78 Å². The van der Waals surface area contributed by atoms with Gasteiger partial charge in [-0.3, -0.25) is 4.79 Å². The first-order chi connectivity index (χ1) is 5.74. The summed E-state index contributed by atoms with van der Waals surface area (Å²) in [7, 11) is 0. The molecule has 0 bridgehead atoms. The van der Waals surface area contributed by atoms with Crippen molar-refractivity contribution in [3.63, 3.8) is 0 Å². The largest absolute Gasteiger partial charge is 0.293 e. The number of nitrogens with one attached hydrogen (secondary N) is 1. The van der Waals surface area contributed by atoms with Crippen LogP contribution in [0.15, 0.2) is 28.7 Å². The average Bonchev–Trinajstić information content (AvgIpc) is 2.06. The molecule has 0 aliphatic heterocycles. The van der Waals surface area contributed by atoms with E-state index in [4.69, 9.17) is 11.8 Å². The lowest BCUT2D eigenvalue weighted by atomic mass is 10.1. The first-order valence-electron chi connectivity index (χ1n) is 3.36. The van der Waals surface area contributed by atoms with Crippen LogP contribution < -0.4 is 4.84 Å². The number of halogens is 2. The molecule has 0 heterocycles. The van der Waals surface area contributed by atoms with Gasteiger partial charge in [0.25, 0.3) is 0 Å². The highest BCUT2D eigenvalue weighted by Gasteiger charge is 2.02. The van der Waals surface area contributed by atoms with E-state index in [0.29, 0.717) is 5.56 Å². The molecule has 1 rings (SSSR count). The van der Waals surface area contributed by atoms with Crippen LogP contribution in [0, 0.1) is 0 Å². The molecule has 0 amide bonds. The van der Waals surface area contributed by atoms with Gasteiger partial charge >= 0.3 is 0 Å². The fourth-order valence-corrected chi connectivity index (χ4v) is 1.18. The molecule has 0 aromatic heterocycles. The number of hydrogen-bond acceptors (Lipinski definition) is 2. The smallest absolute Gasteiger partial charge is 0.177 e. The Bertz CT molecular complexity index is 273. The predicted octanol–water partition coefficient (Wildman–Crippen LogP) is 2.38. The number of benzene rings is 1. The van der Waals surface area contributed by atoms with Crippen LogP contribution in [-0.2, 0) is 0 Å². The molecule has 64 valence electrons. The summed E-state index contributed by atoms with van der Waals surface area (Å²) in [5.41, 5.74) is 0.659. The summed E-state index contributed by atoms with van der Waals surface area (Å²) in [6, 6.07) is 7.14. The van der Waals surface area contributed by atoms with Crippen LogP contribution in [0.3, 0.4) is 0 Å². The van der Waals surface area contributed by atoms with Crippen LogP contribution >= 0.6 is 27.7 Å². The van der Waals surface area contributed by atoms with E-state index in [0.717, 1.165) is 4.47 Å². The third-order valence-electron chi connectivity index (χ3n) is 1.39. The van der Waals surface area contributed by atoms with Crippen LogP contribution in [0.2, 0.25) is 0 Å². The minimum Gasteiger partial charge on any atom is -0.293 e. The minimum atomic E-state index is -0.0162. The van der Waals surface area contributed by atoms with Gasteiger partial charge in [0.1, 0.15) is 0 Å². The second-order valence-corrected chi connectivity index (χ2v) is 3.42. The molecular formula is C8H7BrClNO. The monoisotopic (exact) mass is 247 g/mol. The van der Waals surface area contributed by atoms with Crippen molar-refractivity contribution in [2.45, 2.75) is 0 Å². The van der Waals surface area contributed by atoms with Crippen molar-refractivity contribution in [1.82, 2.24) is 4.84 Å². The molecule has 0 unspecified atom stereocenters. The number of Topliss-reactive ketones (excluding diaryl/α,β-unsaturated/α-hetero) is 1. The lowest BCUT2D eigenvalue weighted by molar-refractivity contribution is 0.0997. The number of rotatable bonds is 3. The highest BCUT2D eigenvalue weighted by atomic mass is 79.9. The molecule has 1 aromatic rings. The SMILES string of the molecule is O=C(CNCl)c1ccc(Br)cc1. The lowest BCUT2D eigenvalue weighted by Gasteiger charge is -1.98. The molecule has 1 N–H and O–H groups in total. The normalized spacial score (nSPS) is 9.83. The first-order valence-corrected chi connectivity index (χ1v) is 4.53. The van der Waals surface area contributed by atoms with Gasteiger partial charge < -0.3 is 0 Å². The number of carbonyl (C=O) groups excluding carboxylic acids is 1. The molecule has 0 atom stereocenters. The molecule has 2 nitrogen and oxygen atoms in total. The summed E-state index contributed by atoms with van der Waals surface area (Å²) in [5, 5.41) is 0. The Morgan fingerprint density at radius 1 is 1.42 bits per heavy atom. The van der Waals surface area contributed by atoms with Crippen molar-refractivity contribution in [2.24, 2.45) is 0 Å². The summed E-state index contributed by atoms with van der Waals surface area (Å²) in [6.07, 6.45) is 0. The van der Waals surface area contributed by atoms with Crippen LogP contribution in [0.5, 0.6) is 0 Å². The van der Waals surface area contributed by atoms with Gasteiger partial charge in [0.05, 0.1) is 6.54 Å². The first kappa shape index (κ1) is 9.71. The molecule has 12 heavy (non-hydrogen) atoms. The van der Waals surface area contributed by atoms with Gasteiger partial charge in [-0.05, 0) is 23.9 Å². The second kappa shape index (κ2) is 4.60. The Balaban J connectivity index is 2.75. The van der Waals surface area contributed by atoms with Crippen LogP contribution in [-0.4, -0.2) is 12.3 Å². The van der Waals surface area contributed by atoms with Crippen molar-refractivity contribution in [3.8, 4) is 0 Å². The summed E-state index contributed by atoms with van der Waals surface area (Å²) < 4.78 is 0.956. The van der Waals surface area contributed by atoms with Crippen molar-refractivity contribution in [1.29, 1.82) is 0 Å². The molecule has 0 saturated heterocycles. The summed E-state index contributed by atoms with van der Waals surface area (Å²) >= 11 is 8.48. The van der Waals surface area contributed by atoms with Crippen molar-refractivity contribution in [2.75, 3.05) is 6.54 Å². The van der Waals surface area contributed by atoms with Crippen molar-refractivity contribution in [3.05, 3.63) is 34.3 Å². The van der Waals surface area contributed by atoms with Gasteiger partial charge in [0, 0.05) is 10.0 Å². The fraction of sp³-hybridized carbons (Fsp3) is 0.125. The number of carbonyl (C=O) groups is 1. The predicted molar refractivity (Wildman–Crippen MR) is 52.3 cm³/mol. The van der Waals surface area contributed by atoms with E-state index in [-0.39, 0.29) is 12.3 Å². The number of hydrogen-bond donors (Lipinski definition) is 1. The second-order valence-electron chi connectivity index (χ2n) is 2.24. The van der Waals surface area contributed by atoms with E-state index in [1.54, 1.807) is 12.1 Å². The summed E-state index contributed by atoms with van der Waals surface area (Å²) in [4.78, 5) is 13.5. The van der Waals surface area contributed by atoms with Crippen molar-refractivity contribution >= 4 is 33.5 Å². The van der Waals surface area contributed by atoms with E-state index in [2.05, 4.69) is 20.8 Å². The maximum absolute atomic E-state index is 11.2. The Hall–Kier alpha value is -0.380. The van der Waals surface area contributed by atoms with Crippen LogP contribution in [0.1, 0.15) is 10.4 Å². The topological polar surface area (TPSA) is 29.1 Å². The van der Waals surface area contributed by atoms with E-state index in [1.165, 1.54) is 0 Å². The molecule has 0 fully saturated rings.